The van der Waals surface area contributed by atoms with Gasteiger partial charge in [-0.05, 0) is 26.0 Å². The molecule has 0 radical (unpaired) electrons. The first kappa shape index (κ1) is 14.1. The van der Waals surface area contributed by atoms with Crippen molar-refractivity contribution in [3.63, 3.8) is 0 Å². The van der Waals surface area contributed by atoms with Crippen molar-refractivity contribution >= 4 is 11.9 Å². The predicted molar refractivity (Wildman–Crippen MR) is 64.8 cm³/mol. The summed E-state index contributed by atoms with van der Waals surface area (Å²) >= 11 is 0. The van der Waals surface area contributed by atoms with E-state index in [0.717, 1.165) is 0 Å². The molecule has 1 rings (SSSR count). The van der Waals surface area contributed by atoms with Crippen molar-refractivity contribution in [3.05, 3.63) is 29.1 Å². The third kappa shape index (κ3) is 3.81. The Morgan fingerprint density at radius 3 is 2.72 bits per heavy atom. The second-order valence-electron chi connectivity index (χ2n) is 3.59. The van der Waals surface area contributed by atoms with Gasteiger partial charge in [-0.2, -0.15) is 0 Å². The summed E-state index contributed by atoms with van der Waals surface area (Å²) < 4.78 is 5.08. The maximum absolute atomic E-state index is 11.7. The zero-order valence-corrected chi connectivity index (χ0v) is 10.4. The van der Waals surface area contributed by atoms with E-state index in [0.29, 0.717) is 25.5 Å². The van der Waals surface area contributed by atoms with E-state index < -0.39 is 5.97 Å². The fourth-order valence-electron chi connectivity index (χ4n) is 1.39. The number of aromatic carboxylic acids is 1. The molecule has 1 heterocycles. The van der Waals surface area contributed by atoms with Crippen LogP contribution < -0.4 is 5.32 Å². The minimum atomic E-state index is -1.05. The number of carbonyl (C=O) groups excluding carboxylic acids is 1. The van der Waals surface area contributed by atoms with Gasteiger partial charge in [0.05, 0.1) is 17.9 Å². The van der Waals surface area contributed by atoms with Crippen molar-refractivity contribution < 1.29 is 19.4 Å². The van der Waals surface area contributed by atoms with Gasteiger partial charge in [-0.3, -0.25) is 4.79 Å². The molecular weight excluding hydrogens is 236 g/mol. The normalized spacial score (nSPS) is 10.1. The van der Waals surface area contributed by atoms with E-state index in [1.807, 2.05) is 6.92 Å². The lowest BCUT2D eigenvalue weighted by Crippen LogP contribution is -2.28. The first-order valence-corrected chi connectivity index (χ1v) is 5.63. The largest absolute Gasteiger partial charge is 0.478 e. The van der Waals surface area contributed by atoms with Gasteiger partial charge in [-0.15, -0.1) is 0 Å². The van der Waals surface area contributed by atoms with Crippen molar-refractivity contribution in [1.82, 2.24) is 10.3 Å². The third-order valence-corrected chi connectivity index (χ3v) is 2.28. The first-order chi connectivity index (χ1) is 8.56. The topological polar surface area (TPSA) is 88.5 Å². The predicted octanol–water partition coefficient (Wildman–Crippen LogP) is 0.855. The zero-order chi connectivity index (χ0) is 13.5. The molecule has 0 aliphatic rings. The number of hydrogen-bond acceptors (Lipinski definition) is 4. The van der Waals surface area contributed by atoms with Crippen LogP contribution >= 0.6 is 0 Å². The lowest BCUT2D eigenvalue weighted by molar-refractivity contribution is 0.0694. The molecule has 2 N–H and O–H groups in total. The summed E-state index contributed by atoms with van der Waals surface area (Å²) in [5, 5.41) is 11.5. The van der Waals surface area contributed by atoms with Crippen molar-refractivity contribution in [1.29, 1.82) is 0 Å². The number of carbonyl (C=O) groups is 2. The Hall–Kier alpha value is -1.95. The van der Waals surface area contributed by atoms with Crippen LogP contribution in [0.3, 0.4) is 0 Å². The minimum absolute atomic E-state index is 0.0980. The number of aromatic nitrogens is 1. The lowest BCUT2D eigenvalue weighted by Gasteiger charge is -2.06. The maximum Gasteiger partial charge on any atom is 0.337 e. The Balaban J connectivity index is 2.64. The third-order valence-electron chi connectivity index (χ3n) is 2.28. The molecule has 98 valence electrons. The van der Waals surface area contributed by atoms with Gasteiger partial charge in [0.25, 0.3) is 5.91 Å². The molecule has 0 bridgehead atoms. The molecule has 0 saturated carbocycles. The summed E-state index contributed by atoms with van der Waals surface area (Å²) in [7, 11) is 0. The maximum atomic E-state index is 11.7. The quantitative estimate of drug-likeness (QED) is 0.733. The van der Waals surface area contributed by atoms with Crippen LogP contribution in [-0.4, -0.2) is 41.7 Å². The summed E-state index contributed by atoms with van der Waals surface area (Å²) in [5.41, 5.74) is 0.620. The number of ether oxygens (including phenoxy) is 1. The Kier molecular flexibility index (Phi) is 5.26. The standard InChI is InChI=1S/C12H16N2O4/c1-3-18-7-6-13-11(15)10-5-4-9(12(16)17)8(2)14-10/h4-5H,3,6-7H2,1-2H3,(H,13,15)(H,16,17). The summed E-state index contributed by atoms with van der Waals surface area (Å²) in [5.74, 6) is -1.39. The molecule has 0 fully saturated rings. The second kappa shape index (κ2) is 6.70. The van der Waals surface area contributed by atoms with Gasteiger partial charge in [0.15, 0.2) is 0 Å². The lowest BCUT2D eigenvalue weighted by atomic mass is 10.2. The SMILES string of the molecule is CCOCCNC(=O)c1ccc(C(=O)O)c(C)n1. The average Bonchev–Trinajstić information content (AvgIpc) is 2.33. The van der Waals surface area contributed by atoms with E-state index in [2.05, 4.69) is 10.3 Å². The van der Waals surface area contributed by atoms with Gasteiger partial charge < -0.3 is 15.2 Å². The number of rotatable bonds is 6. The fourth-order valence-corrected chi connectivity index (χ4v) is 1.39. The van der Waals surface area contributed by atoms with Gasteiger partial charge in [-0.25, -0.2) is 9.78 Å². The van der Waals surface area contributed by atoms with Crippen LogP contribution in [0.5, 0.6) is 0 Å². The fraction of sp³-hybridized carbons (Fsp3) is 0.417. The molecule has 18 heavy (non-hydrogen) atoms. The highest BCUT2D eigenvalue weighted by molar-refractivity contribution is 5.94. The van der Waals surface area contributed by atoms with E-state index in [9.17, 15) is 9.59 Å². The van der Waals surface area contributed by atoms with Crippen LogP contribution in [0.25, 0.3) is 0 Å². The van der Waals surface area contributed by atoms with E-state index in [1.165, 1.54) is 12.1 Å². The molecule has 0 aliphatic heterocycles. The first-order valence-electron chi connectivity index (χ1n) is 5.63. The van der Waals surface area contributed by atoms with Crippen molar-refractivity contribution in [2.45, 2.75) is 13.8 Å². The van der Waals surface area contributed by atoms with Gasteiger partial charge >= 0.3 is 5.97 Å². The second-order valence-corrected chi connectivity index (χ2v) is 3.59. The molecule has 1 aromatic heterocycles. The van der Waals surface area contributed by atoms with E-state index in [1.54, 1.807) is 6.92 Å². The Morgan fingerprint density at radius 2 is 2.17 bits per heavy atom. The summed E-state index contributed by atoms with van der Waals surface area (Å²) in [6.07, 6.45) is 0. The van der Waals surface area contributed by atoms with Gasteiger partial charge in [0, 0.05) is 13.2 Å². The molecule has 0 aromatic carbocycles. The van der Waals surface area contributed by atoms with Crippen LogP contribution in [0.2, 0.25) is 0 Å². The molecule has 0 saturated heterocycles. The number of amides is 1. The molecular formula is C12H16N2O4. The zero-order valence-electron chi connectivity index (χ0n) is 10.4. The molecule has 1 amide bonds. The molecule has 0 unspecified atom stereocenters. The number of hydrogen-bond donors (Lipinski definition) is 2. The number of pyridine rings is 1. The van der Waals surface area contributed by atoms with E-state index in [4.69, 9.17) is 9.84 Å². The molecule has 0 atom stereocenters. The van der Waals surface area contributed by atoms with Crippen LogP contribution in [0.1, 0.15) is 33.5 Å². The highest BCUT2D eigenvalue weighted by atomic mass is 16.5. The van der Waals surface area contributed by atoms with Crippen LogP contribution in [0.4, 0.5) is 0 Å². The van der Waals surface area contributed by atoms with Crippen molar-refractivity contribution in [2.24, 2.45) is 0 Å². The van der Waals surface area contributed by atoms with Crippen LogP contribution in [-0.2, 0) is 4.74 Å². The highest BCUT2D eigenvalue weighted by Gasteiger charge is 2.12. The average molecular weight is 252 g/mol. The number of carboxylic acid groups (broad SMARTS) is 1. The van der Waals surface area contributed by atoms with E-state index >= 15 is 0 Å². The molecule has 0 aliphatic carbocycles. The molecule has 6 heteroatoms. The number of aryl methyl sites for hydroxylation is 1. The minimum Gasteiger partial charge on any atom is -0.478 e. The molecule has 1 aromatic rings. The summed E-state index contributed by atoms with van der Waals surface area (Å²) in [6.45, 7) is 4.86. The van der Waals surface area contributed by atoms with Crippen molar-refractivity contribution in [3.8, 4) is 0 Å². The number of carboxylic acids is 1. The Bertz CT molecular complexity index is 446. The van der Waals surface area contributed by atoms with Gasteiger partial charge in [0.1, 0.15) is 5.69 Å². The number of nitrogens with one attached hydrogen (secondary N) is 1. The van der Waals surface area contributed by atoms with Gasteiger partial charge in [-0.1, -0.05) is 0 Å². The van der Waals surface area contributed by atoms with Crippen LogP contribution in [0.15, 0.2) is 12.1 Å². The smallest absolute Gasteiger partial charge is 0.337 e. The summed E-state index contributed by atoms with van der Waals surface area (Å²) in [4.78, 5) is 26.4. The van der Waals surface area contributed by atoms with E-state index in [-0.39, 0.29) is 17.2 Å². The number of nitrogens with zero attached hydrogens (tertiary/aromatic N) is 1. The highest BCUT2D eigenvalue weighted by Crippen LogP contribution is 2.06. The molecule has 0 spiro atoms. The Morgan fingerprint density at radius 1 is 1.44 bits per heavy atom. The van der Waals surface area contributed by atoms with Crippen LogP contribution in [0, 0.1) is 6.92 Å². The van der Waals surface area contributed by atoms with Gasteiger partial charge in [0.2, 0.25) is 0 Å². The summed E-state index contributed by atoms with van der Waals surface area (Å²) in [6, 6.07) is 2.77. The monoisotopic (exact) mass is 252 g/mol. The van der Waals surface area contributed by atoms with Crippen molar-refractivity contribution in [2.75, 3.05) is 19.8 Å². The molecule has 6 nitrogen and oxygen atoms in total. The Labute approximate surface area is 105 Å².